The summed E-state index contributed by atoms with van der Waals surface area (Å²) in [6, 6.07) is 32.1. The second kappa shape index (κ2) is 7.69. The van der Waals surface area contributed by atoms with E-state index in [1.54, 1.807) is 0 Å². The first kappa shape index (κ1) is 17.9. The molecule has 2 aliphatic rings. The highest BCUT2D eigenvalue weighted by atomic mass is 15.5. The first-order valence-electron chi connectivity index (χ1n) is 10.2. The zero-order valence-electron chi connectivity index (χ0n) is 16.6. The van der Waals surface area contributed by atoms with Gasteiger partial charge in [-0.1, -0.05) is 78.9 Å². The van der Waals surface area contributed by atoms with E-state index in [0.717, 1.165) is 18.8 Å². The summed E-state index contributed by atoms with van der Waals surface area (Å²) < 4.78 is 0. The fraction of sp³-hybridized carbons (Fsp3) is 0.192. The minimum Gasteiger partial charge on any atom is -0.301 e. The van der Waals surface area contributed by atoms with Crippen LogP contribution in [0.1, 0.15) is 17.2 Å². The molecule has 29 heavy (non-hydrogen) atoms. The maximum atomic E-state index is 5.21. The largest absolute Gasteiger partial charge is 0.301 e. The molecule has 3 aromatic carbocycles. The Balaban J connectivity index is 1.62. The molecule has 1 fully saturated rings. The number of hydrogen-bond donors (Lipinski definition) is 0. The van der Waals surface area contributed by atoms with Gasteiger partial charge >= 0.3 is 0 Å². The number of likely N-dealkylation sites (tertiary alicyclic amines) is 1. The smallest absolute Gasteiger partial charge is 0.0872 e. The average Bonchev–Trinajstić information content (AvgIpc) is 3.15. The number of likely N-dealkylation sites (N-methyl/N-ethyl adjacent to an activating group) is 1. The van der Waals surface area contributed by atoms with Crippen LogP contribution in [-0.4, -0.2) is 30.7 Å². The van der Waals surface area contributed by atoms with Gasteiger partial charge < -0.3 is 4.90 Å². The summed E-state index contributed by atoms with van der Waals surface area (Å²) in [6.45, 7) is 1.93. The van der Waals surface area contributed by atoms with Crippen LogP contribution in [0, 0.1) is 5.92 Å². The zero-order chi connectivity index (χ0) is 19.6. The Morgan fingerprint density at radius 3 is 2.14 bits per heavy atom. The van der Waals surface area contributed by atoms with Crippen LogP contribution in [0.3, 0.4) is 0 Å². The number of rotatable bonds is 3. The number of anilines is 1. The molecule has 0 aromatic heterocycles. The monoisotopic (exact) mass is 379 g/mol. The van der Waals surface area contributed by atoms with Crippen LogP contribution in [0.2, 0.25) is 0 Å². The van der Waals surface area contributed by atoms with Crippen molar-refractivity contribution in [1.29, 1.82) is 0 Å². The van der Waals surface area contributed by atoms with Gasteiger partial charge in [-0.2, -0.15) is 5.10 Å². The van der Waals surface area contributed by atoms with Crippen LogP contribution in [-0.2, 0) is 0 Å². The zero-order valence-corrected chi connectivity index (χ0v) is 16.6. The predicted molar refractivity (Wildman–Crippen MR) is 121 cm³/mol. The third kappa shape index (κ3) is 3.50. The van der Waals surface area contributed by atoms with E-state index in [4.69, 9.17) is 5.10 Å². The maximum Gasteiger partial charge on any atom is 0.0872 e. The summed E-state index contributed by atoms with van der Waals surface area (Å²) in [6.07, 6.45) is 2.30. The summed E-state index contributed by atoms with van der Waals surface area (Å²) in [4.78, 5) is 2.42. The molecule has 0 spiro atoms. The Morgan fingerprint density at radius 1 is 0.828 bits per heavy atom. The fourth-order valence-corrected chi connectivity index (χ4v) is 4.53. The molecule has 2 aliphatic heterocycles. The Morgan fingerprint density at radius 2 is 1.45 bits per heavy atom. The summed E-state index contributed by atoms with van der Waals surface area (Å²) in [5.74, 6) is 0.339. The van der Waals surface area contributed by atoms with Gasteiger partial charge in [0.25, 0.3) is 0 Å². The molecule has 3 heteroatoms. The number of benzene rings is 3. The SMILES string of the molecule is CN1C/C(=C\c2ccccc2)C2=NN(c3ccccc3)C(c3ccccc3)C2C1. The Labute approximate surface area is 172 Å². The molecule has 2 heterocycles. The molecule has 144 valence electrons. The van der Waals surface area contributed by atoms with E-state index in [1.165, 1.54) is 22.4 Å². The van der Waals surface area contributed by atoms with Crippen molar-refractivity contribution in [3.8, 4) is 0 Å². The van der Waals surface area contributed by atoms with Gasteiger partial charge in [0.05, 0.1) is 17.4 Å². The van der Waals surface area contributed by atoms with Crippen LogP contribution in [0.15, 0.2) is 102 Å². The van der Waals surface area contributed by atoms with Crippen LogP contribution in [0.5, 0.6) is 0 Å². The molecule has 2 atom stereocenters. The predicted octanol–water partition coefficient (Wildman–Crippen LogP) is 5.25. The van der Waals surface area contributed by atoms with E-state index in [9.17, 15) is 0 Å². The van der Waals surface area contributed by atoms with Crippen LogP contribution in [0.4, 0.5) is 5.69 Å². The van der Waals surface area contributed by atoms with Gasteiger partial charge in [-0.15, -0.1) is 0 Å². The standard InChI is InChI=1S/C26H25N3/c1-28-18-22(17-20-11-5-2-6-12-20)25-24(19-28)26(21-13-7-3-8-14-21)29(27-25)23-15-9-4-10-16-23/h2-17,24,26H,18-19H2,1H3/b22-17+. The molecular formula is C26H25N3. The van der Waals surface area contributed by atoms with Crippen molar-refractivity contribution in [1.82, 2.24) is 4.90 Å². The van der Waals surface area contributed by atoms with Crippen molar-refractivity contribution < 1.29 is 0 Å². The molecule has 1 saturated heterocycles. The van der Waals surface area contributed by atoms with Gasteiger partial charge in [-0.3, -0.25) is 5.01 Å². The molecule has 3 aromatic rings. The van der Waals surface area contributed by atoms with Gasteiger partial charge in [0.15, 0.2) is 0 Å². The molecule has 2 unspecified atom stereocenters. The third-order valence-electron chi connectivity index (χ3n) is 5.79. The molecule has 0 amide bonds. The van der Waals surface area contributed by atoms with Gasteiger partial charge in [-0.25, -0.2) is 0 Å². The van der Waals surface area contributed by atoms with E-state index < -0.39 is 0 Å². The molecular weight excluding hydrogens is 354 g/mol. The first-order chi connectivity index (χ1) is 14.3. The van der Waals surface area contributed by atoms with Crippen LogP contribution >= 0.6 is 0 Å². The number of nitrogens with zero attached hydrogens (tertiary/aromatic N) is 3. The average molecular weight is 380 g/mol. The van der Waals surface area contributed by atoms with Crippen molar-refractivity contribution in [2.45, 2.75) is 6.04 Å². The van der Waals surface area contributed by atoms with E-state index in [-0.39, 0.29) is 6.04 Å². The summed E-state index contributed by atoms with van der Waals surface area (Å²) >= 11 is 0. The summed E-state index contributed by atoms with van der Waals surface area (Å²) in [7, 11) is 2.21. The van der Waals surface area contributed by atoms with Gasteiger partial charge in [-0.05, 0) is 42.0 Å². The van der Waals surface area contributed by atoms with Crippen molar-refractivity contribution in [3.05, 3.63) is 108 Å². The lowest BCUT2D eigenvalue weighted by molar-refractivity contribution is 0.303. The first-order valence-corrected chi connectivity index (χ1v) is 10.2. The number of para-hydroxylation sites is 1. The van der Waals surface area contributed by atoms with Crippen molar-refractivity contribution in [2.75, 3.05) is 25.1 Å². The Bertz CT molecular complexity index is 1030. The highest BCUT2D eigenvalue weighted by Crippen LogP contribution is 2.42. The second-order valence-electron chi connectivity index (χ2n) is 7.90. The van der Waals surface area contributed by atoms with Gasteiger partial charge in [0.2, 0.25) is 0 Å². The Kier molecular flexibility index (Phi) is 4.74. The topological polar surface area (TPSA) is 18.8 Å². The minimum absolute atomic E-state index is 0.204. The molecule has 0 bridgehead atoms. The molecule has 5 rings (SSSR count). The van der Waals surface area contributed by atoms with E-state index >= 15 is 0 Å². The molecule has 0 saturated carbocycles. The summed E-state index contributed by atoms with van der Waals surface area (Å²) in [5, 5.41) is 7.43. The van der Waals surface area contributed by atoms with Crippen LogP contribution < -0.4 is 5.01 Å². The fourth-order valence-electron chi connectivity index (χ4n) is 4.53. The number of fused-ring (bicyclic) bond motifs is 1. The van der Waals surface area contributed by atoms with Crippen molar-refractivity contribution in [2.24, 2.45) is 11.0 Å². The maximum absolute atomic E-state index is 5.21. The summed E-state index contributed by atoms with van der Waals surface area (Å²) in [5.41, 5.74) is 6.23. The minimum atomic E-state index is 0.204. The molecule has 3 nitrogen and oxygen atoms in total. The quantitative estimate of drug-likeness (QED) is 0.619. The van der Waals surface area contributed by atoms with Gasteiger partial charge in [0.1, 0.15) is 0 Å². The van der Waals surface area contributed by atoms with E-state index in [1.807, 2.05) is 0 Å². The third-order valence-corrected chi connectivity index (χ3v) is 5.79. The van der Waals surface area contributed by atoms with Gasteiger partial charge in [0, 0.05) is 19.0 Å². The lowest BCUT2D eigenvalue weighted by Crippen LogP contribution is -2.41. The van der Waals surface area contributed by atoms with Crippen molar-refractivity contribution >= 4 is 17.5 Å². The van der Waals surface area contributed by atoms with Crippen molar-refractivity contribution in [3.63, 3.8) is 0 Å². The van der Waals surface area contributed by atoms with E-state index in [2.05, 4.69) is 114 Å². The molecule has 0 N–H and O–H groups in total. The highest BCUT2D eigenvalue weighted by molar-refractivity contribution is 6.08. The van der Waals surface area contributed by atoms with E-state index in [0.29, 0.717) is 5.92 Å². The lowest BCUT2D eigenvalue weighted by Gasteiger charge is -2.34. The lowest BCUT2D eigenvalue weighted by atomic mass is 9.83. The number of hydrogen-bond acceptors (Lipinski definition) is 3. The Hall–Kier alpha value is -3.17. The van der Waals surface area contributed by atoms with Crippen LogP contribution in [0.25, 0.3) is 6.08 Å². The normalized spacial score (nSPS) is 23.1. The highest BCUT2D eigenvalue weighted by Gasteiger charge is 2.43. The second-order valence-corrected chi connectivity index (χ2v) is 7.90. The number of hydrazone groups is 1. The number of piperidine rings is 1. The molecule has 0 aliphatic carbocycles. The molecule has 0 radical (unpaired) electrons.